The Bertz CT molecular complexity index is 1310. The normalized spacial score (nSPS) is 26.7. The first kappa shape index (κ1) is 22.9. The number of halogens is 3. The number of rotatable bonds is 3. The van der Waals surface area contributed by atoms with E-state index < -0.39 is 69.9 Å². The number of ether oxygens (including phenoxy) is 1. The van der Waals surface area contributed by atoms with Crippen molar-refractivity contribution in [2.75, 3.05) is 6.54 Å². The molecule has 5 rings (SSSR count). The minimum atomic E-state index is -1.56. The molecular formula is C22H19F3N4O6. The van der Waals surface area contributed by atoms with Gasteiger partial charge < -0.3 is 29.5 Å². The molecule has 2 amide bonds. The average molecular weight is 492 g/mol. The molecule has 0 saturated carbocycles. The largest absolute Gasteiger partial charge is 0.434 e. The summed E-state index contributed by atoms with van der Waals surface area (Å²) in [6, 6.07) is 1.09. The van der Waals surface area contributed by atoms with Gasteiger partial charge in [0.2, 0.25) is 6.40 Å². The van der Waals surface area contributed by atoms with Gasteiger partial charge in [-0.3, -0.25) is 14.4 Å². The Labute approximate surface area is 195 Å². The monoisotopic (exact) mass is 492 g/mol. The van der Waals surface area contributed by atoms with E-state index >= 15 is 0 Å². The summed E-state index contributed by atoms with van der Waals surface area (Å²) in [6.07, 6.45) is 2.43. The SMILES string of the molecule is CC1(O)CCC2(OC=NO2)C2CN1C(=O)c1cc(=O)c(C(=O)NCc3c(F)cc(F)cc3F)cn12. The van der Waals surface area contributed by atoms with Gasteiger partial charge in [-0.15, -0.1) is 0 Å². The number of nitrogens with one attached hydrogen (secondary N) is 1. The molecule has 1 aromatic carbocycles. The molecule has 13 heteroatoms. The van der Waals surface area contributed by atoms with E-state index in [1.165, 1.54) is 16.4 Å². The lowest BCUT2D eigenvalue weighted by atomic mass is 9.99. The van der Waals surface area contributed by atoms with Gasteiger partial charge in [0.05, 0.1) is 6.54 Å². The number of nitrogens with zero attached hydrogens (tertiary/aromatic N) is 3. The number of carbonyl (C=O) groups excluding carboxylic acids is 2. The Kier molecular flexibility index (Phi) is 5.13. The molecule has 1 aromatic heterocycles. The first-order valence-corrected chi connectivity index (χ1v) is 10.6. The molecule has 3 aliphatic heterocycles. The van der Waals surface area contributed by atoms with Crippen molar-refractivity contribution in [2.24, 2.45) is 5.16 Å². The predicted octanol–water partition coefficient (Wildman–Crippen LogP) is 1.38. The van der Waals surface area contributed by atoms with Crippen LogP contribution in [0.5, 0.6) is 0 Å². The van der Waals surface area contributed by atoms with Crippen molar-refractivity contribution in [3.63, 3.8) is 0 Å². The molecule has 2 N–H and O–H groups in total. The summed E-state index contributed by atoms with van der Waals surface area (Å²) >= 11 is 0. The molecule has 0 radical (unpaired) electrons. The number of aliphatic hydroxyl groups is 1. The van der Waals surface area contributed by atoms with Crippen LogP contribution in [0.15, 0.2) is 34.3 Å². The maximum absolute atomic E-state index is 13.9. The number of fused-ring (bicyclic) bond motifs is 5. The molecule has 3 atom stereocenters. The zero-order valence-corrected chi connectivity index (χ0v) is 18.3. The van der Waals surface area contributed by atoms with E-state index in [9.17, 15) is 32.7 Å². The first-order valence-electron chi connectivity index (χ1n) is 10.6. The zero-order chi connectivity index (χ0) is 25.1. The first-order chi connectivity index (χ1) is 16.5. The fraction of sp³-hybridized carbons (Fsp3) is 0.364. The Balaban J connectivity index is 1.52. The van der Waals surface area contributed by atoms with Gasteiger partial charge in [0.25, 0.3) is 17.6 Å². The molecule has 35 heavy (non-hydrogen) atoms. The van der Waals surface area contributed by atoms with Crippen LogP contribution >= 0.6 is 0 Å². The van der Waals surface area contributed by atoms with Crippen LogP contribution in [0.4, 0.5) is 13.2 Å². The molecule has 2 bridgehead atoms. The van der Waals surface area contributed by atoms with E-state index in [-0.39, 0.29) is 25.1 Å². The standard InChI is InChI=1S/C22H19F3N4O6/c1-21(33)2-3-22(34-10-27-35-22)18-9-29(21)20(32)16-6-17(30)13(8-28(16)18)19(31)26-7-12-14(24)4-11(23)5-15(12)25/h4-6,8,10,18,33H,2-3,7,9H2,1H3,(H,26,31). The Hall–Kier alpha value is -3.87. The lowest BCUT2D eigenvalue weighted by Gasteiger charge is -2.42. The Morgan fingerprint density at radius 3 is 2.60 bits per heavy atom. The molecule has 4 heterocycles. The summed E-state index contributed by atoms with van der Waals surface area (Å²) in [6.45, 7) is 0.735. The van der Waals surface area contributed by atoms with Gasteiger partial charge in [-0.1, -0.05) is 5.16 Å². The molecule has 1 saturated heterocycles. The third kappa shape index (κ3) is 3.62. The molecule has 10 nitrogen and oxygen atoms in total. The van der Waals surface area contributed by atoms with Crippen molar-refractivity contribution in [3.8, 4) is 0 Å². The van der Waals surface area contributed by atoms with E-state index in [2.05, 4.69) is 10.5 Å². The molecule has 3 unspecified atom stereocenters. The number of oxime groups is 1. The van der Waals surface area contributed by atoms with Gasteiger partial charge in [0.15, 0.2) is 5.43 Å². The van der Waals surface area contributed by atoms with Gasteiger partial charge in [0, 0.05) is 49.3 Å². The number of hydrogen-bond acceptors (Lipinski definition) is 7. The third-order valence-electron chi connectivity index (χ3n) is 6.55. The highest BCUT2D eigenvalue weighted by atomic mass is 19.1. The number of hydrogen-bond donors (Lipinski definition) is 2. The van der Waals surface area contributed by atoms with Crippen molar-refractivity contribution < 1.29 is 37.4 Å². The highest BCUT2D eigenvalue weighted by molar-refractivity contribution is 5.97. The summed E-state index contributed by atoms with van der Waals surface area (Å²) < 4.78 is 48.0. The summed E-state index contributed by atoms with van der Waals surface area (Å²) in [7, 11) is 0. The van der Waals surface area contributed by atoms with Gasteiger partial charge in [-0.05, 0) is 6.92 Å². The van der Waals surface area contributed by atoms with Crippen LogP contribution in [0.2, 0.25) is 0 Å². The smallest absolute Gasteiger partial charge is 0.299 e. The van der Waals surface area contributed by atoms with Crippen molar-refractivity contribution in [3.05, 3.63) is 68.9 Å². The van der Waals surface area contributed by atoms with Crippen LogP contribution in [-0.4, -0.2) is 50.8 Å². The van der Waals surface area contributed by atoms with Gasteiger partial charge in [-0.25, -0.2) is 13.2 Å². The zero-order valence-electron chi connectivity index (χ0n) is 18.3. The quantitative estimate of drug-likeness (QED) is 0.668. The van der Waals surface area contributed by atoms with E-state index in [1.54, 1.807) is 0 Å². The number of carbonyl (C=O) groups is 2. The van der Waals surface area contributed by atoms with Crippen molar-refractivity contribution in [1.29, 1.82) is 0 Å². The molecule has 184 valence electrons. The van der Waals surface area contributed by atoms with Crippen LogP contribution in [0, 0.1) is 17.5 Å². The Morgan fingerprint density at radius 2 is 1.94 bits per heavy atom. The average Bonchev–Trinajstić information content (AvgIpc) is 3.23. The molecule has 0 aliphatic carbocycles. The topological polar surface area (TPSA) is 122 Å². The van der Waals surface area contributed by atoms with E-state index in [4.69, 9.17) is 9.57 Å². The van der Waals surface area contributed by atoms with Gasteiger partial charge in [-0.2, -0.15) is 0 Å². The molecule has 1 spiro atoms. The fourth-order valence-corrected chi connectivity index (χ4v) is 4.60. The summed E-state index contributed by atoms with van der Waals surface area (Å²) in [5.41, 5.74) is -3.50. The van der Waals surface area contributed by atoms with E-state index in [0.717, 1.165) is 18.7 Å². The molecule has 3 aliphatic rings. The number of amides is 2. The molecule has 2 aromatic rings. The van der Waals surface area contributed by atoms with Gasteiger partial charge in [0.1, 0.15) is 40.5 Å². The van der Waals surface area contributed by atoms with E-state index in [1.807, 2.05) is 0 Å². The third-order valence-corrected chi connectivity index (χ3v) is 6.55. The van der Waals surface area contributed by atoms with Crippen molar-refractivity contribution in [2.45, 2.75) is 43.9 Å². The summed E-state index contributed by atoms with van der Waals surface area (Å²) in [4.78, 5) is 45.4. The lowest BCUT2D eigenvalue weighted by Crippen LogP contribution is -2.56. The number of pyridine rings is 1. The Morgan fingerprint density at radius 1 is 1.23 bits per heavy atom. The molecular weight excluding hydrogens is 473 g/mol. The second-order valence-corrected chi connectivity index (χ2v) is 8.75. The maximum Gasteiger partial charge on any atom is 0.299 e. The second kappa shape index (κ2) is 7.83. The number of aromatic nitrogens is 1. The second-order valence-electron chi connectivity index (χ2n) is 8.75. The summed E-state index contributed by atoms with van der Waals surface area (Å²) in [5.74, 6) is -6.52. The summed E-state index contributed by atoms with van der Waals surface area (Å²) in [5, 5.41) is 16.8. The molecule has 1 fully saturated rings. The highest BCUT2D eigenvalue weighted by Gasteiger charge is 2.57. The van der Waals surface area contributed by atoms with Crippen molar-refractivity contribution in [1.82, 2.24) is 14.8 Å². The number of benzene rings is 1. The fourth-order valence-electron chi connectivity index (χ4n) is 4.60. The van der Waals surface area contributed by atoms with Crippen LogP contribution in [-0.2, 0) is 16.1 Å². The minimum Gasteiger partial charge on any atom is -0.434 e. The van der Waals surface area contributed by atoms with Crippen LogP contribution in [0.3, 0.4) is 0 Å². The van der Waals surface area contributed by atoms with Crippen LogP contribution in [0.1, 0.15) is 52.2 Å². The minimum absolute atomic E-state index is 0.0713. The lowest BCUT2D eigenvalue weighted by molar-refractivity contribution is -0.193. The van der Waals surface area contributed by atoms with Crippen molar-refractivity contribution >= 4 is 18.2 Å². The highest BCUT2D eigenvalue weighted by Crippen LogP contribution is 2.45. The van der Waals surface area contributed by atoms with Gasteiger partial charge >= 0.3 is 0 Å². The van der Waals surface area contributed by atoms with Crippen LogP contribution in [0.25, 0.3) is 0 Å². The van der Waals surface area contributed by atoms with E-state index in [0.29, 0.717) is 12.1 Å². The maximum atomic E-state index is 13.9. The predicted molar refractivity (Wildman–Crippen MR) is 112 cm³/mol. The van der Waals surface area contributed by atoms with Crippen LogP contribution < -0.4 is 10.7 Å².